The van der Waals surface area contributed by atoms with E-state index in [1.54, 1.807) is 35.6 Å². The Balaban J connectivity index is 1.94. The number of aliphatic carboxylic acids is 1. The second-order valence-corrected chi connectivity index (χ2v) is 10.9. The third kappa shape index (κ3) is 4.05. The van der Waals surface area contributed by atoms with Gasteiger partial charge in [0.05, 0.1) is 11.6 Å². The first-order chi connectivity index (χ1) is 16.1. The molecule has 2 aromatic heterocycles. The number of nitrogens with zero attached hydrogens (tertiary/aromatic N) is 4. The third-order valence-corrected chi connectivity index (χ3v) is 8.12. The van der Waals surface area contributed by atoms with Gasteiger partial charge in [-0.25, -0.2) is 8.42 Å². The highest BCUT2D eigenvalue weighted by molar-refractivity contribution is 7.95. The number of carboxylic acids is 1. The Morgan fingerprint density at radius 3 is 2.53 bits per heavy atom. The number of thiophene rings is 1. The number of aliphatic imine (C=N–C) groups is 1. The summed E-state index contributed by atoms with van der Waals surface area (Å²) in [4.78, 5) is 18.2. The van der Waals surface area contributed by atoms with E-state index in [1.807, 2.05) is 32.3 Å². The van der Waals surface area contributed by atoms with Gasteiger partial charge in [-0.05, 0) is 44.9 Å². The predicted molar refractivity (Wildman–Crippen MR) is 132 cm³/mol. The number of aromatic nitrogens is 3. The van der Waals surface area contributed by atoms with Crippen molar-refractivity contribution >= 4 is 38.7 Å². The van der Waals surface area contributed by atoms with Crippen molar-refractivity contribution in [2.75, 3.05) is 4.72 Å². The molecule has 2 N–H and O–H groups in total. The lowest BCUT2D eigenvalue weighted by molar-refractivity contribution is -0.142. The highest BCUT2D eigenvalue weighted by atomic mass is 32.2. The van der Waals surface area contributed by atoms with Crippen molar-refractivity contribution in [3.8, 4) is 5.00 Å². The number of carboxylic acid groups (broad SMARTS) is 1. The number of benzene rings is 1. The first kappa shape index (κ1) is 23.8. The quantitative estimate of drug-likeness (QED) is 0.503. The number of sulfonamides is 1. The lowest BCUT2D eigenvalue weighted by Crippen LogP contribution is -2.23. The van der Waals surface area contributed by atoms with Gasteiger partial charge in [-0.3, -0.25) is 19.1 Å². The molecule has 0 bridgehead atoms. The summed E-state index contributed by atoms with van der Waals surface area (Å²) in [5, 5.41) is 20.3. The summed E-state index contributed by atoms with van der Waals surface area (Å²) < 4.78 is 28.0. The minimum absolute atomic E-state index is 0.372. The molecule has 3 heterocycles. The minimum atomic E-state index is -3.63. The van der Waals surface area contributed by atoms with Gasteiger partial charge in [0.15, 0.2) is 5.82 Å². The van der Waals surface area contributed by atoms with Crippen molar-refractivity contribution < 1.29 is 18.3 Å². The SMILES string of the molecule is C=CS(=O)(=O)Nc1ccc(C2=NC(C(CC)C(=O)O)c3nnc(C)n3-c3sc(C)c(C)c32)cc1. The lowest BCUT2D eigenvalue weighted by Gasteiger charge is -2.18. The third-order valence-electron chi connectivity index (χ3n) is 5.97. The number of hydrogen-bond acceptors (Lipinski definition) is 7. The van der Waals surface area contributed by atoms with Crippen molar-refractivity contribution in [2.24, 2.45) is 10.9 Å². The summed E-state index contributed by atoms with van der Waals surface area (Å²) in [7, 11) is -3.63. The van der Waals surface area contributed by atoms with Crippen molar-refractivity contribution in [3.63, 3.8) is 0 Å². The molecule has 11 heteroatoms. The Kier molecular flexibility index (Phi) is 6.17. The summed E-state index contributed by atoms with van der Waals surface area (Å²) in [6, 6.07) is 6.10. The van der Waals surface area contributed by atoms with E-state index in [-0.39, 0.29) is 0 Å². The molecule has 0 fully saturated rings. The summed E-state index contributed by atoms with van der Waals surface area (Å²) in [5.41, 5.74) is 3.71. The number of hydrogen-bond donors (Lipinski definition) is 2. The Morgan fingerprint density at radius 1 is 1.26 bits per heavy atom. The topological polar surface area (TPSA) is 127 Å². The van der Waals surface area contributed by atoms with Gasteiger partial charge in [0.25, 0.3) is 10.0 Å². The average Bonchev–Trinajstić information content (AvgIpc) is 3.26. The Labute approximate surface area is 201 Å². The lowest BCUT2D eigenvalue weighted by atomic mass is 9.95. The molecule has 4 rings (SSSR count). The predicted octanol–water partition coefficient (Wildman–Crippen LogP) is 4.14. The van der Waals surface area contributed by atoms with Gasteiger partial charge in [-0.1, -0.05) is 25.6 Å². The fourth-order valence-corrected chi connectivity index (χ4v) is 5.81. The van der Waals surface area contributed by atoms with E-state index in [0.717, 1.165) is 32.0 Å². The first-order valence-electron chi connectivity index (χ1n) is 10.7. The molecule has 0 radical (unpaired) electrons. The van der Waals surface area contributed by atoms with E-state index < -0.39 is 28.0 Å². The minimum Gasteiger partial charge on any atom is -0.481 e. The molecule has 34 heavy (non-hydrogen) atoms. The number of nitrogens with one attached hydrogen (secondary N) is 1. The van der Waals surface area contributed by atoms with Crippen molar-refractivity contribution in [1.82, 2.24) is 14.8 Å². The van der Waals surface area contributed by atoms with Crippen LogP contribution in [0.2, 0.25) is 0 Å². The monoisotopic (exact) mass is 499 g/mol. The van der Waals surface area contributed by atoms with E-state index in [9.17, 15) is 18.3 Å². The molecule has 0 aliphatic carbocycles. The van der Waals surface area contributed by atoms with Gasteiger partial charge in [-0.2, -0.15) is 0 Å². The summed E-state index contributed by atoms with van der Waals surface area (Å²) in [5.74, 6) is -0.574. The molecule has 9 nitrogen and oxygen atoms in total. The largest absolute Gasteiger partial charge is 0.481 e. The van der Waals surface area contributed by atoms with Gasteiger partial charge in [0, 0.05) is 27.1 Å². The van der Waals surface area contributed by atoms with Crippen LogP contribution in [0.15, 0.2) is 41.2 Å². The van der Waals surface area contributed by atoms with Gasteiger partial charge in [-0.15, -0.1) is 21.5 Å². The second kappa shape index (κ2) is 8.80. The van der Waals surface area contributed by atoms with Crippen LogP contribution in [0.3, 0.4) is 0 Å². The maximum atomic E-state index is 12.1. The zero-order chi connectivity index (χ0) is 24.8. The van der Waals surface area contributed by atoms with E-state index in [4.69, 9.17) is 4.99 Å². The zero-order valence-electron chi connectivity index (χ0n) is 19.2. The number of aryl methyl sites for hydroxylation is 2. The highest BCUT2D eigenvalue weighted by Gasteiger charge is 2.37. The molecule has 0 amide bonds. The van der Waals surface area contributed by atoms with Gasteiger partial charge < -0.3 is 5.11 Å². The van der Waals surface area contributed by atoms with Crippen LogP contribution in [0, 0.1) is 26.7 Å². The normalized spacial score (nSPS) is 16.1. The maximum absolute atomic E-state index is 12.1. The van der Waals surface area contributed by atoms with Crippen LogP contribution in [-0.4, -0.2) is 40.0 Å². The standard InChI is InChI=1S/C23H25N5O4S2/c1-6-17(23(29)30)20-21-26-25-14(5)28(21)22-18(12(3)13(4)33-22)19(24-20)15-8-10-16(11-9-15)27-34(31,32)7-2/h7-11,17,20,27H,2,6H2,1,3-5H3,(H,29,30). The van der Waals surface area contributed by atoms with Crippen LogP contribution in [0.5, 0.6) is 0 Å². The molecule has 0 saturated carbocycles. The van der Waals surface area contributed by atoms with E-state index >= 15 is 0 Å². The number of rotatable bonds is 7. The van der Waals surface area contributed by atoms with E-state index in [0.29, 0.717) is 29.5 Å². The summed E-state index contributed by atoms with van der Waals surface area (Å²) in [6.07, 6.45) is 0.372. The number of fused-ring (bicyclic) bond motifs is 3. The Morgan fingerprint density at radius 2 is 1.94 bits per heavy atom. The fraction of sp³-hybridized carbons (Fsp3) is 0.304. The molecule has 3 aromatic rings. The molecule has 1 aliphatic rings. The molecule has 1 aromatic carbocycles. The maximum Gasteiger partial charge on any atom is 0.309 e. The number of anilines is 1. The smallest absolute Gasteiger partial charge is 0.309 e. The zero-order valence-corrected chi connectivity index (χ0v) is 20.9. The first-order valence-corrected chi connectivity index (χ1v) is 13.0. The van der Waals surface area contributed by atoms with Crippen LogP contribution < -0.4 is 4.72 Å². The molecule has 1 aliphatic heterocycles. The van der Waals surface area contributed by atoms with Gasteiger partial charge in [0.2, 0.25) is 0 Å². The molecule has 2 atom stereocenters. The van der Waals surface area contributed by atoms with Crippen LogP contribution in [-0.2, 0) is 14.8 Å². The second-order valence-electron chi connectivity index (χ2n) is 8.07. The summed E-state index contributed by atoms with van der Waals surface area (Å²) in [6.45, 7) is 11.0. The summed E-state index contributed by atoms with van der Waals surface area (Å²) >= 11 is 1.59. The molecular weight excluding hydrogens is 474 g/mol. The van der Waals surface area contributed by atoms with Crippen molar-refractivity contribution in [1.29, 1.82) is 0 Å². The molecule has 0 spiro atoms. The highest BCUT2D eigenvalue weighted by Crippen LogP contribution is 2.41. The van der Waals surface area contributed by atoms with E-state index in [2.05, 4.69) is 21.5 Å². The van der Waals surface area contributed by atoms with Gasteiger partial charge in [0.1, 0.15) is 16.9 Å². The van der Waals surface area contributed by atoms with Gasteiger partial charge >= 0.3 is 5.97 Å². The van der Waals surface area contributed by atoms with Crippen molar-refractivity contribution in [3.05, 3.63) is 69.5 Å². The van der Waals surface area contributed by atoms with Crippen LogP contribution in [0.25, 0.3) is 5.00 Å². The molecule has 178 valence electrons. The fourth-order valence-electron chi connectivity index (χ4n) is 4.05. The molecule has 0 saturated heterocycles. The number of carbonyl (C=O) groups is 1. The molecule has 2 unspecified atom stereocenters. The van der Waals surface area contributed by atoms with Crippen molar-refractivity contribution in [2.45, 2.75) is 40.2 Å². The van der Waals surface area contributed by atoms with Crippen LogP contribution in [0.1, 0.15) is 52.6 Å². The van der Waals surface area contributed by atoms with E-state index in [1.165, 1.54) is 0 Å². The average molecular weight is 500 g/mol. The Hall–Kier alpha value is -3.31. The van der Waals surface area contributed by atoms with Crippen LogP contribution in [0.4, 0.5) is 5.69 Å². The molecular formula is C23H25N5O4S2. The van der Waals surface area contributed by atoms with Crippen LogP contribution >= 0.6 is 11.3 Å². The Bertz CT molecular complexity index is 1420.